The molecular weight excluding hydrogens is 433 g/mol. The number of benzene rings is 2. The number of carbonyl (C=O) groups is 1. The number of rotatable bonds is 4. The van der Waals surface area contributed by atoms with Gasteiger partial charge < -0.3 is 9.47 Å². The van der Waals surface area contributed by atoms with Gasteiger partial charge in [-0.25, -0.2) is 9.40 Å². The molecule has 2 fully saturated rings. The maximum Gasteiger partial charge on any atom is 0.257 e. The molecule has 2 aromatic carbocycles. The molecule has 32 heavy (non-hydrogen) atoms. The van der Waals surface area contributed by atoms with E-state index in [2.05, 4.69) is 10.0 Å². The van der Waals surface area contributed by atoms with Gasteiger partial charge >= 0.3 is 0 Å². The largest absolute Gasteiger partial charge is 0.347 e. The van der Waals surface area contributed by atoms with Crippen molar-refractivity contribution in [1.29, 1.82) is 0 Å². The lowest BCUT2D eigenvalue weighted by atomic mass is 9.98. The predicted octanol–water partition coefficient (Wildman–Crippen LogP) is 4.00. The number of hydrogen-bond donors (Lipinski definition) is 0. The number of hydrogen-bond acceptors (Lipinski definition) is 5. The maximum absolute atomic E-state index is 14.4. The highest BCUT2D eigenvalue weighted by molar-refractivity contribution is 6.30. The van der Waals surface area contributed by atoms with Crippen molar-refractivity contribution in [2.45, 2.75) is 31.1 Å². The Morgan fingerprint density at radius 1 is 1.09 bits per heavy atom. The van der Waals surface area contributed by atoms with Crippen LogP contribution in [0.15, 0.2) is 53.6 Å². The van der Waals surface area contributed by atoms with Crippen molar-refractivity contribution in [3.05, 3.63) is 70.5 Å². The van der Waals surface area contributed by atoms with Crippen LogP contribution in [0.25, 0.3) is 0 Å². The van der Waals surface area contributed by atoms with Crippen LogP contribution >= 0.6 is 11.6 Å². The van der Waals surface area contributed by atoms with E-state index in [1.54, 1.807) is 30.3 Å². The molecule has 1 unspecified atom stereocenters. The first-order valence-electron chi connectivity index (χ1n) is 10.9. The summed E-state index contributed by atoms with van der Waals surface area (Å²) >= 11 is 6.06. The second-order valence-corrected chi connectivity index (χ2v) is 8.86. The molecule has 2 aromatic rings. The van der Waals surface area contributed by atoms with Crippen molar-refractivity contribution in [3.8, 4) is 0 Å². The number of piperidine rings is 1. The van der Waals surface area contributed by atoms with E-state index in [4.69, 9.17) is 21.1 Å². The molecule has 6 nitrogen and oxygen atoms in total. The van der Waals surface area contributed by atoms with Crippen LogP contribution < -0.4 is 0 Å². The van der Waals surface area contributed by atoms with Crippen LogP contribution in [0, 0.1) is 5.82 Å². The van der Waals surface area contributed by atoms with Crippen molar-refractivity contribution in [2.24, 2.45) is 5.10 Å². The third-order valence-electron chi connectivity index (χ3n) is 6.40. The van der Waals surface area contributed by atoms with E-state index in [1.807, 2.05) is 12.1 Å². The molecule has 168 valence electrons. The van der Waals surface area contributed by atoms with E-state index >= 15 is 0 Å². The summed E-state index contributed by atoms with van der Waals surface area (Å²) in [7, 11) is 0. The Morgan fingerprint density at radius 3 is 2.47 bits per heavy atom. The van der Waals surface area contributed by atoms with Crippen molar-refractivity contribution < 1.29 is 18.7 Å². The van der Waals surface area contributed by atoms with Crippen molar-refractivity contribution in [1.82, 2.24) is 9.91 Å². The third kappa shape index (κ3) is 4.30. The number of nitrogens with zero attached hydrogens (tertiary/aromatic N) is 3. The van der Waals surface area contributed by atoms with E-state index in [9.17, 15) is 9.18 Å². The van der Waals surface area contributed by atoms with Crippen LogP contribution in [0.3, 0.4) is 0 Å². The number of hydrazone groups is 1. The summed E-state index contributed by atoms with van der Waals surface area (Å²) in [5, 5.41) is 6.72. The van der Waals surface area contributed by atoms with Gasteiger partial charge in [0.2, 0.25) is 0 Å². The van der Waals surface area contributed by atoms with Gasteiger partial charge in [-0.15, -0.1) is 0 Å². The number of halogens is 2. The lowest BCUT2D eigenvalue weighted by Crippen LogP contribution is -2.48. The first kappa shape index (κ1) is 21.5. The van der Waals surface area contributed by atoms with Gasteiger partial charge in [-0.05, 0) is 23.8 Å². The zero-order valence-electron chi connectivity index (χ0n) is 17.7. The molecule has 3 aliphatic heterocycles. The van der Waals surface area contributed by atoms with E-state index in [0.717, 1.165) is 31.5 Å². The third-order valence-corrected chi connectivity index (χ3v) is 6.65. The SMILES string of the molecule is O=C(CN1CCC2(CC1)OCCO2)N1N=C(c2ccccc2F)CC1c1ccc(Cl)cc1. The minimum atomic E-state index is -0.477. The molecular formula is C24H25ClFN3O3. The summed E-state index contributed by atoms with van der Waals surface area (Å²) in [6, 6.07) is 13.6. The van der Waals surface area contributed by atoms with Crippen LogP contribution in [0.2, 0.25) is 5.02 Å². The highest BCUT2D eigenvalue weighted by atomic mass is 35.5. The molecule has 0 saturated carbocycles. The normalized spacial score (nSPS) is 23.0. The zero-order valence-corrected chi connectivity index (χ0v) is 18.4. The topological polar surface area (TPSA) is 54.4 Å². The van der Waals surface area contributed by atoms with Crippen LogP contribution in [-0.2, 0) is 14.3 Å². The average Bonchev–Trinajstić information content (AvgIpc) is 3.44. The lowest BCUT2D eigenvalue weighted by Gasteiger charge is -2.37. The van der Waals surface area contributed by atoms with Gasteiger partial charge in [0.25, 0.3) is 5.91 Å². The molecule has 3 aliphatic rings. The first-order chi connectivity index (χ1) is 15.5. The van der Waals surface area contributed by atoms with E-state index in [1.165, 1.54) is 11.1 Å². The smallest absolute Gasteiger partial charge is 0.257 e. The number of amides is 1. The Kier molecular flexibility index (Phi) is 5.99. The first-order valence-corrected chi connectivity index (χ1v) is 11.3. The summed E-state index contributed by atoms with van der Waals surface area (Å²) in [5.74, 6) is -0.927. The van der Waals surface area contributed by atoms with Crippen molar-refractivity contribution in [2.75, 3.05) is 32.8 Å². The minimum Gasteiger partial charge on any atom is -0.347 e. The molecule has 0 radical (unpaired) electrons. The molecule has 0 N–H and O–H groups in total. The Bertz CT molecular complexity index is 1010. The molecule has 5 rings (SSSR count). The fraction of sp³-hybridized carbons (Fsp3) is 0.417. The van der Waals surface area contributed by atoms with Gasteiger partial charge in [0.05, 0.1) is 31.5 Å². The fourth-order valence-corrected chi connectivity index (χ4v) is 4.77. The summed E-state index contributed by atoms with van der Waals surface area (Å²) < 4.78 is 26.0. The van der Waals surface area contributed by atoms with E-state index in [-0.39, 0.29) is 24.3 Å². The summed E-state index contributed by atoms with van der Waals surface area (Å²) in [5.41, 5.74) is 1.92. The Morgan fingerprint density at radius 2 is 1.78 bits per heavy atom. The lowest BCUT2D eigenvalue weighted by molar-refractivity contribution is -0.186. The van der Waals surface area contributed by atoms with Gasteiger partial charge in [0.15, 0.2) is 5.79 Å². The monoisotopic (exact) mass is 457 g/mol. The average molecular weight is 458 g/mol. The van der Waals surface area contributed by atoms with Crippen LogP contribution in [0.1, 0.15) is 36.4 Å². The Labute approximate surface area is 191 Å². The number of likely N-dealkylation sites (tertiary alicyclic amines) is 1. The van der Waals surface area contributed by atoms with Gasteiger partial charge in [-0.3, -0.25) is 9.69 Å². The number of ether oxygens (including phenoxy) is 2. The maximum atomic E-state index is 14.4. The molecule has 8 heteroatoms. The molecule has 1 atom stereocenters. The molecule has 0 aliphatic carbocycles. The van der Waals surface area contributed by atoms with Crippen molar-refractivity contribution in [3.63, 3.8) is 0 Å². The number of carbonyl (C=O) groups excluding carboxylic acids is 1. The molecule has 0 aromatic heterocycles. The van der Waals surface area contributed by atoms with Gasteiger partial charge in [-0.1, -0.05) is 41.9 Å². The van der Waals surface area contributed by atoms with Gasteiger partial charge in [-0.2, -0.15) is 5.10 Å². The van der Waals surface area contributed by atoms with E-state index in [0.29, 0.717) is 35.9 Å². The zero-order chi connectivity index (χ0) is 22.1. The molecule has 1 amide bonds. The Hall–Kier alpha value is -2.32. The minimum absolute atomic E-state index is 0.111. The standard InChI is InChI=1S/C24H25ClFN3O3/c25-18-7-5-17(6-8-18)22-15-21(19-3-1-2-4-20(19)26)27-29(22)23(30)16-28-11-9-24(10-12-28)31-13-14-32-24/h1-8,22H,9-16H2. The van der Waals surface area contributed by atoms with Crippen molar-refractivity contribution >= 4 is 23.2 Å². The second-order valence-electron chi connectivity index (χ2n) is 8.42. The fourth-order valence-electron chi connectivity index (χ4n) is 4.64. The van der Waals surface area contributed by atoms with Gasteiger partial charge in [0.1, 0.15) is 5.82 Å². The highest BCUT2D eigenvalue weighted by Gasteiger charge is 2.41. The van der Waals surface area contributed by atoms with Crippen LogP contribution in [0.4, 0.5) is 4.39 Å². The van der Waals surface area contributed by atoms with Crippen LogP contribution in [0.5, 0.6) is 0 Å². The predicted molar refractivity (Wildman–Crippen MR) is 119 cm³/mol. The molecule has 0 bridgehead atoms. The summed E-state index contributed by atoms with van der Waals surface area (Å²) in [6.45, 7) is 2.93. The quantitative estimate of drug-likeness (QED) is 0.696. The van der Waals surface area contributed by atoms with Gasteiger partial charge in [0, 0.05) is 42.9 Å². The van der Waals surface area contributed by atoms with Crippen LogP contribution in [-0.4, -0.2) is 60.2 Å². The van der Waals surface area contributed by atoms with E-state index < -0.39 is 5.79 Å². The molecule has 1 spiro atoms. The molecule has 3 heterocycles. The highest BCUT2D eigenvalue weighted by Crippen LogP contribution is 2.35. The second kappa shape index (κ2) is 8.90. The Balaban J connectivity index is 1.35. The summed E-state index contributed by atoms with van der Waals surface area (Å²) in [6.07, 6.45) is 1.92. The molecule has 2 saturated heterocycles. The summed E-state index contributed by atoms with van der Waals surface area (Å²) in [4.78, 5) is 15.4.